The Morgan fingerprint density at radius 2 is 1.81 bits per heavy atom. The summed E-state index contributed by atoms with van der Waals surface area (Å²) in [6.45, 7) is 1.68. The number of ether oxygens (including phenoxy) is 1. The van der Waals surface area contributed by atoms with E-state index in [4.69, 9.17) is 4.74 Å². The molecule has 1 atom stereocenters. The zero-order valence-electron chi connectivity index (χ0n) is 20.6. The molecule has 3 aliphatic rings. The number of rotatable bonds is 4. The topological polar surface area (TPSA) is 112 Å². The maximum atomic E-state index is 13.2. The molecule has 6 rings (SSSR count). The molecule has 1 aromatic heterocycles. The van der Waals surface area contributed by atoms with Crippen LogP contribution in [0.25, 0.3) is 10.9 Å². The Hall–Kier alpha value is -4.14. The molecule has 190 valence electrons. The van der Waals surface area contributed by atoms with E-state index in [9.17, 15) is 19.2 Å². The molecule has 2 fully saturated rings. The number of aromatic amines is 1. The van der Waals surface area contributed by atoms with Crippen molar-refractivity contribution in [3.05, 3.63) is 64.8 Å². The number of benzene rings is 2. The molecular weight excluding hydrogens is 472 g/mol. The molecule has 0 aliphatic carbocycles. The minimum Gasteiger partial charge on any atom is -0.497 e. The van der Waals surface area contributed by atoms with Gasteiger partial charge < -0.3 is 19.5 Å². The summed E-state index contributed by atoms with van der Waals surface area (Å²) in [7, 11) is 1.62. The Kier molecular flexibility index (Phi) is 5.70. The molecule has 0 bridgehead atoms. The summed E-state index contributed by atoms with van der Waals surface area (Å²) in [6.07, 6.45) is 2.27. The molecular formula is C28H28N4O5. The van der Waals surface area contributed by atoms with Crippen molar-refractivity contribution >= 4 is 34.5 Å². The van der Waals surface area contributed by atoms with E-state index in [-0.39, 0.29) is 24.1 Å². The zero-order valence-corrected chi connectivity index (χ0v) is 20.6. The van der Waals surface area contributed by atoms with Crippen LogP contribution in [0.2, 0.25) is 0 Å². The van der Waals surface area contributed by atoms with E-state index in [0.717, 1.165) is 40.6 Å². The molecule has 2 saturated heterocycles. The van der Waals surface area contributed by atoms with Crippen LogP contribution in [0.1, 0.15) is 63.6 Å². The van der Waals surface area contributed by atoms with Crippen molar-refractivity contribution in [1.82, 2.24) is 20.1 Å². The van der Waals surface area contributed by atoms with E-state index < -0.39 is 11.9 Å². The number of nitrogens with zero attached hydrogens (tertiary/aromatic N) is 2. The van der Waals surface area contributed by atoms with Crippen LogP contribution >= 0.6 is 0 Å². The van der Waals surface area contributed by atoms with Crippen LogP contribution in [0, 0.1) is 0 Å². The normalized spacial score (nSPS) is 20.4. The lowest BCUT2D eigenvalue weighted by molar-refractivity contribution is -0.136. The number of nitrogens with one attached hydrogen (secondary N) is 2. The molecule has 1 unspecified atom stereocenters. The van der Waals surface area contributed by atoms with Gasteiger partial charge in [-0.15, -0.1) is 0 Å². The van der Waals surface area contributed by atoms with Crippen LogP contribution in [-0.4, -0.2) is 64.7 Å². The summed E-state index contributed by atoms with van der Waals surface area (Å²) < 4.78 is 5.28. The van der Waals surface area contributed by atoms with Crippen molar-refractivity contribution in [2.45, 2.75) is 44.2 Å². The van der Waals surface area contributed by atoms with Gasteiger partial charge >= 0.3 is 0 Å². The third kappa shape index (κ3) is 4.14. The lowest BCUT2D eigenvalue weighted by Crippen LogP contribution is -2.52. The van der Waals surface area contributed by atoms with Crippen LogP contribution in [0.3, 0.4) is 0 Å². The highest BCUT2D eigenvalue weighted by atomic mass is 16.5. The van der Waals surface area contributed by atoms with Gasteiger partial charge in [0.05, 0.1) is 7.11 Å². The van der Waals surface area contributed by atoms with Crippen LogP contribution in [0.15, 0.2) is 42.5 Å². The van der Waals surface area contributed by atoms with E-state index in [1.165, 1.54) is 0 Å². The van der Waals surface area contributed by atoms with E-state index in [1.54, 1.807) is 12.0 Å². The lowest BCUT2D eigenvalue weighted by Gasteiger charge is -2.32. The Labute approximate surface area is 213 Å². The Morgan fingerprint density at radius 3 is 2.57 bits per heavy atom. The number of carbonyl (C=O) groups is 4. The maximum absolute atomic E-state index is 13.2. The highest BCUT2D eigenvalue weighted by molar-refractivity contribution is 6.05. The van der Waals surface area contributed by atoms with E-state index in [2.05, 4.69) is 16.4 Å². The van der Waals surface area contributed by atoms with Crippen molar-refractivity contribution in [3.8, 4) is 5.75 Å². The second-order valence-electron chi connectivity index (χ2n) is 10.0. The fraction of sp³-hybridized carbons (Fsp3) is 0.357. The van der Waals surface area contributed by atoms with Crippen molar-refractivity contribution in [1.29, 1.82) is 0 Å². The summed E-state index contributed by atoms with van der Waals surface area (Å²) in [6, 6.07) is 12.9. The zero-order chi connectivity index (χ0) is 25.7. The third-order valence-corrected chi connectivity index (χ3v) is 7.86. The van der Waals surface area contributed by atoms with Gasteiger partial charge in [-0.3, -0.25) is 24.5 Å². The number of amides is 4. The first-order valence-electron chi connectivity index (χ1n) is 12.6. The van der Waals surface area contributed by atoms with Crippen molar-refractivity contribution < 1.29 is 23.9 Å². The minimum absolute atomic E-state index is 0.00644. The summed E-state index contributed by atoms with van der Waals surface area (Å²) in [5, 5.41) is 3.28. The highest BCUT2D eigenvalue weighted by Gasteiger charge is 2.39. The molecule has 4 heterocycles. The number of aromatic nitrogens is 1. The number of piperidine rings is 2. The minimum atomic E-state index is -0.610. The maximum Gasteiger partial charge on any atom is 0.270 e. The quantitative estimate of drug-likeness (QED) is 0.535. The number of fused-ring (bicyclic) bond motifs is 2. The number of imide groups is 1. The van der Waals surface area contributed by atoms with Crippen LogP contribution in [-0.2, 0) is 16.1 Å². The van der Waals surface area contributed by atoms with Crippen LogP contribution < -0.4 is 10.1 Å². The standard InChI is InChI=1S/C28H28N4O5/c1-37-20-3-5-22-18(13-20)14-23(29-22)28(36)31-10-8-16(9-11-31)17-2-4-21-19(12-17)15-32(27(21)35)24-6-7-25(33)30-26(24)34/h2-5,12-14,16,24,29H,6-11,15H2,1H3,(H,30,33,34). The largest absolute Gasteiger partial charge is 0.497 e. The fourth-order valence-electron chi connectivity index (χ4n) is 5.79. The van der Waals surface area contributed by atoms with Crippen molar-refractivity contribution in [2.24, 2.45) is 0 Å². The number of hydrogen-bond acceptors (Lipinski definition) is 5. The van der Waals surface area contributed by atoms with Gasteiger partial charge in [0.25, 0.3) is 11.8 Å². The van der Waals surface area contributed by atoms with E-state index in [0.29, 0.717) is 43.2 Å². The smallest absolute Gasteiger partial charge is 0.270 e. The van der Waals surface area contributed by atoms with Crippen LogP contribution in [0.4, 0.5) is 0 Å². The average molecular weight is 501 g/mol. The van der Waals surface area contributed by atoms with Gasteiger partial charge in [0.15, 0.2) is 0 Å². The molecule has 3 aliphatic heterocycles. The van der Waals surface area contributed by atoms with Crippen LogP contribution in [0.5, 0.6) is 5.75 Å². The van der Waals surface area contributed by atoms with Gasteiger partial charge in [0, 0.05) is 42.5 Å². The molecule has 9 nitrogen and oxygen atoms in total. The van der Waals surface area contributed by atoms with Crippen molar-refractivity contribution in [3.63, 3.8) is 0 Å². The summed E-state index contributed by atoms with van der Waals surface area (Å²) in [4.78, 5) is 56.6. The summed E-state index contributed by atoms with van der Waals surface area (Å²) >= 11 is 0. The number of carbonyl (C=O) groups excluding carboxylic acids is 4. The van der Waals surface area contributed by atoms with Gasteiger partial charge in [-0.05, 0) is 66.6 Å². The highest BCUT2D eigenvalue weighted by Crippen LogP contribution is 2.34. The molecule has 9 heteroatoms. The molecule has 0 saturated carbocycles. The Morgan fingerprint density at radius 1 is 1.00 bits per heavy atom. The second kappa shape index (κ2) is 9.06. The summed E-state index contributed by atoms with van der Waals surface area (Å²) in [5.41, 5.74) is 4.17. The lowest BCUT2D eigenvalue weighted by atomic mass is 9.88. The number of H-pyrrole nitrogens is 1. The molecule has 2 aromatic carbocycles. The first-order valence-corrected chi connectivity index (χ1v) is 12.6. The monoisotopic (exact) mass is 500 g/mol. The van der Waals surface area contributed by atoms with E-state index in [1.807, 2.05) is 41.3 Å². The van der Waals surface area contributed by atoms with E-state index >= 15 is 0 Å². The molecule has 4 amide bonds. The Bertz CT molecular complexity index is 1440. The molecule has 0 radical (unpaired) electrons. The van der Waals surface area contributed by atoms with Gasteiger partial charge in [-0.2, -0.15) is 0 Å². The predicted molar refractivity (Wildman–Crippen MR) is 135 cm³/mol. The number of likely N-dealkylation sites (tertiary alicyclic amines) is 1. The average Bonchev–Trinajstić information content (AvgIpc) is 3.48. The third-order valence-electron chi connectivity index (χ3n) is 7.86. The first-order chi connectivity index (χ1) is 17.9. The number of methoxy groups -OCH3 is 1. The van der Waals surface area contributed by atoms with Gasteiger partial charge in [0.1, 0.15) is 17.5 Å². The van der Waals surface area contributed by atoms with Gasteiger partial charge in [0.2, 0.25) is 11.8 Å². The molecule has 0 spiro atoms. The van der Waals surface area contributed by atoms with Crippen molar-refractivity contribution in [2.75, 3.05) is 20.2 Å². The molecule has 3 aromatic rings. The predicted octanol–water partition coefficient (Wildman–Crippen LogP) is 2.96. The fourth-order valence-corrected chi connectivity index (χ4v) is 5.79. The van der Waals surface area contributed by atoms with Gasteiger partial charge in [-0.1, -0.05) is 12.1 Å². The second-order valence-corrected chi connectivity index (χ2v) is 10.0. The summed E-state index contributed by atoms with van der Waals surface area (Å²) in [5.74, 6) is 0.190. The molecule has 37 heavy (non-hydrogen) atoms. The van der Waals surface area contributed by atoms with Gasteiger partial charge in [-0.25, -0.2) is 0 Å². The first kappa shape index (κ1) is 23.3. The SMILES string of the molecule is COc1ccc2[nH]c(C(=O)N3CCC(c4ccc5c(c4)CN(C4CCC(=O)NC4=O)C5=O)CC3)cc2c1. The number of hydrogen-bond donors (Lipinski definition) is 2. The Balaban J connectivity index is 1.11. The molecule has 2 N–H and O–H groups in total.